The lowest BCUT2D eigenvalue weighted by molar-refractivity contribution is -0.147. The molecule has 11 heteroatoms. The van der Waals surface area contributed by atoms with Crippen LogP contribution in [0.4, 0.5) is 19.1 Å². The van der Waals surface area contributed by atoms with Crippen molar-refractivity contribution in [2.24, 2.45) is 0 Å². The van der Waals surface area contributed by atoms with Crippen molar-refractivity contribution in [2.45, 2.75) is 19.3 Å². The molecule has 0 saturated carbocycles. The van der Waals surface area contributed by atoms with Crippen molar-refractivity contribution in [1.82, 2.24) is 29.1 Å². The van der Waals surface area contributed by atoms with Gasteiger partial charge in [0.05, 0.1) is 12.7 Å². The molecule has 120 valence electrons. The van der Waals surface area contributed by atoms with Gasteiger partial charge in [0, 0.05) is 25.5 Å². The molecule has 4 heterocycles. The van der Waals surface area contributed by atoms with E-state index in [2.05, 4.69) is 20.2 Å². The van der Waals surface area contributed by atoms with E-state index in [0.29, 0.717) is 23.2 Å². The molecule has 0 atom stereocenters. The SMILES string of the molecule is FC(F)(F)c1nnc2n1CCN(c1ncc3c(Cl)nccn13)C2. The molecule has 7 nitrogen and oxygen atoms in total. The van der Waals surface area contributed by atoms with E-state index in [0.717, 1.165) is 4.57 Å². The smallest absolute Gasteiger partial charge is 0.333 e. The molecular weight excluding hydrogens is 335 g/mol. The molecule has 3 aromatic heterocycles. The number of halogens is 4. The Labute approximate surface area is 132 Å². The highest BCUT2D eigenvalue weighted by atomic mass is 35.5. The van der Waals surface area contributed by atoms with Crippen LogP contribution >= 0.6 is 11.6 Å². The molecule has 1 aliphatic heterocycles. The third-order valence-corrected chi connectivity index (χ3v) is 3.97. The Morgan fingerprint density at radius 2 is 1.96 bits per heavy atom. The standard InChI is InChI=1S/C12H9ClF3N7/c13-9-7-5-18-11(22(7)2-1-17-9)21-3-4-23-8(6-21)19-20-10(23)12(14,15)16/h1-2,5H,3-4,6H2. The molecule has 0 saturated heterocycles. The van der Waals surface area contributed by atoms with Crippen LogP contribution in [0.1, 0.15) is 11.6 Å². The molecular formula is C12H9ClF3N7. The first-order chi connectivity index (χ1) is 10.9. The zero-order valence-corrected chi connectivity index (χ0v) is 12.3. The molecule has 0 aliphatic carbocycles. The first-order valence-corrected chi connectivity index (χ1v) is 7.05. The average Bonchev–Trinajstić information content (AvgIpc) is 3.10. The summed E-state index contributed by atoms with van der Waals surface area (Å²) in [6.07, 6.45) is 0.302. The number of hydrogen-bond donors (Lipinski definition) is 0. The van der Waals surface area contributed by atoms with Crippen molar-refractivity contribution in [1.29, 1.82) is 0 Å². The van der Waals surface area contributed by atoms with Crippen LogP contribution in [0.3, 0.4) is 0 Å². The number of alkyl halides is 3. The van der Waals surface area contributed by atoms with Gasteiger partial charge in [0.1, 0.15) is 5.52 Å². The van der Waals surface area contributed by atoms with Crippen molar-refractivity contribution in [3.05, 3.63) is 35.4 Å². The van der Waals surface area contributed by atoms with E-state index < -0.39 is 12.0 Å². The lowest BCUT2D eigenvalue weighted by atomic mass is 10.3. The number of aromatic nitrogens is 6. The van der Waals surface area contributed by atoms with Gasteiger partial charge >= 0.3 is 6.18 Å². The van der Waals surface area contributed by atoms with Gasteiger partial charge in [-0.1, -0.05) is 11.6 Å². The highest BCUT2D eigenvalue weighted by molar-refractivity contribution is 6.32. The van der Waals surface area contributed by atoms with Crippen molar-refractivity contribution >= 4 is 23.1 Å². The van der Waals surface area contributed by atoms with Crippen LogP contribution < -0.4 is 4.90 Å². The van der Waals surface area contributed by atoms with E-state index in [1.54, 1.807) is 16.8 Å². The molecule has 0 N–H and O–H groups in total. The first-order valence-electron chi connectivity index (χ1n) is 6.67. The number of nitrogens with zero attached hydrogens (tertiary/aromatic N) is 7. The number of anilines is 1. The van der Waals surface area contributed by atoms with E-state index in [4.69, 9.17) is 11.6 Å². The largest absolute Gasteiger partial charge is 0.451 e. The zero-order chi connectivity index (χ0) is 16.2. The lowest BCUT2D eigenvalue weighted by Crippen LogP contribution is -2.36. The molecule has 0 radical (unpaired) electrons. The second-order valence-corrected chi connectivity index (χ2v) is 5.40. The van der Waals surface area contributed by atoms with Crippen LogP contribution in [-0.2, 0) is 19.3 Å². The Kier molecular flexibility index (Phi) is 2.98. The summed E-state index contributed by atoms with van der Waals surface area (Å²) < 4.78 is 41.4. The second-order valence-electron chi connectivity index (χ2n) is 5.04. The fourth-order valence-electron chi connectivity index (χ4n) is 2.65. The quantitative estimate of drug-likeness (QED) is 0.676. The van der Waals surface area contributed by atoms with Crippen molar-refractivity contribution < 1.29 is 13.2 Å². The normalized spacial score (nSPS) is 15.2. The van der Waals surface area contributed by atoms with Gasteiger partial charge in [-0.15, -0.1) is 10.2 Å². The minimum absolute atomic E-state index is 0.130. The zero-order valence-electron chi connectivity index (χ0n) is 11.5. The molecule has 23 heavy (non-hydrogen) atoms. The van der Waals surface area contributed by atoms with Crippen LogP contribution in [0.5, 0.6) is 0 Å². The van der Waals surface area contributed by atoms with Crippen LogP contribution in [0.25, 0.3) is 5.52 Å². The fraction of sp³-hybridized carbons (Fsp3) is 0.333. The van der Waals surface area contributed by atoms with Gasteiger partial charge < -0.3 is 9.47 Å². The van der Waals surface area contributed by atoms with E-state index in [-0.39, 0.29) is 18.9 Å². The lowest BCUT2D eigenvalue weighted by Gasteiger charge is -2.28. The highest BCUT2D eigenvalue weighted by Gasteiger charge is 2.39. The summed E-state index contributed by atoms with van der Waals surface area (Å²) >= 11 is 6.00. The molecule has 0 bridgehead atoms. The third kappa shape index (κ3) is 2.21. The predicted molar refractivity (Wildman–Crippen MR) is 74.1 cm³/mol. The second kappa shape index (κ2) is 4.82. The maximum Gasteiger partial charge on any atom is 0.451 e. The van der Waals surface area contributed by atoms with Gasteiger partial charge in [0.15, 0.2) is 11.0 Å². The predicted octanol–water partition coefficient (Wildman–Crippen LogP) is 2.01. The summed E-state index contributed by atoms with van der Waals surface area (Å²) in [6.45, 7) is 0.667. The van der Waals surface area contributed by atoms with Crippen molar-refractivity contribution in [3.8, 4) is 0 Å². The first kappa shape index (κ1) is 14.2. The Bertz CT molecular complexity index is 885. The number of rotatable bonds is 1. The van der Waals surface area contributed by atoms with Crippen molar-refractivity contribution in [3.63, 3.8) is 0 Å². The topological polar surface area (TPSA) is 64.1 Å². The third-order valence-electron chi connectivity index (χ3n) is 3.68. The monoisotopic (exact) mass is 343 g/mol. The van der Waals surface area contributed by atoms with Gasteiger partial charge in [-0.05, 0) is 0 Å². The summed E-state index contributed by atoms with van der Waals surface area (Å²) in [4.78, 5) is 10.1. The minimum Gasteiger partial charge on any atom is -0.333 e. The summed E-state index contributed by atoms with van der Waals surface area (Å²) in [5.74, 6) is -0.139. The summed E-state index contributed by atoms with van der Waals surface area (Å²) in [7, 11) is 0. The highest BCUT2D eigenvalue weighted by Crippen LogP contribution is 2.30. The fourth-order valence-corrected chi connectivity index (χ4v) is 2.85. The molecule has 0 spiro atoms. The molecule has 0 aromatic carbocycles. The van der Waals surface area contributed by atoms with Crippen LogP contribution in [0, 0.1) is 0 Å². The Balaban J connectivity index is 1.71. The maximum absolute atomic E-state index is 12.9. The van der Waals surface area contributed by atoms with E-state index in [9.17, 15) is 13.2 Å². The van der Waals surface area contributed by atoms with Crippen LogP contribution in [-0.4, -0.2) is 35.7 Å². The van der Waals surface area contributed by atoms with E-state index in [1.165, 1.54) is 6.20 Å². The van der Waals surface area contributed by atoms with Gasteiger partial charge in [-0.25, -0.2) is 9.97 Å². The Morgan fingerprint density at radius 1 is 1.13 bits per heavy atom. The Morgan fingerprint density at radius 3 is 2.74 bits per heavy atom. The van der Waals surface area contributed by atoms with Crippen molar-refractivity contribution in [2.75, 3.05) is 11.4 Å². The van der Waals surface area contributed by atoms with E-state index >= 15 is 0 Å². The molecule has 0 fully saturated rings. The van der Waals surface area contributed by atoms with Gasteiger partial charge in [-0.2, -0.15) is 13.2 Å². The minimum atomic E-state index is -4.51. The molecule has 3 aromatic rings. The maximum atomic E-state index is 12.9. The number of imidazole rings is 1. The molecule has 0 unspecified atom stereocenters. The van der Waals surface area contributed by atoms with Gasteiger partial charge in [0.2, 0.25) is 11.8 Å². The van der Waals surface area contributed by atoms with Crippen LogP contribution in [0.15, 0.2) is 18.6 Å². The van der Waals surface area contributed by atoms with Gasteiger partial charge in [0.25, 0.3) is 0 Å². The van der Waals surface area contributed by atoms with Crippen LogP contribution in [0.2, 0.25) is 5.15 Å². The van der Waals surface area contributed by atoms with E-state index in [1.807, 2.05) is 4.90 Å². The Hall–Kier alpha value is -2.36. The summed E-state index contributed by atoms with van der Waals surface area (Å²) in [6, 6.07) is 0. The average molecular weight is 344 g/mol. The molecule has 1 aliphatic rings. The summed E-state index contributed by atoms with van der Waals surface area (Å²) in [5, 5.41) is 7.23. The molecule has 4 rings (SSSR count). The molecule has 0 amide bonds. The summed E-state index contributed by atoms with van der Waals surface area (Å²) in [5.41, 5.74) is 0.632. The van der Waals surface area contributed by atoms with Gasteiger partial charge in [-0.3, -0.25) is 4.40 Å². The number of fused-ring (bicyclic) bond motifs is 2. The number of hydrogen-bond acceptors (Lipinski definition) is 5.